The third-order valence-corrected chi connectivity index (χ3v) is 6.46. The second-order valence-electron chi connectivity index (χ2n) is 8.94. The zero-order valence-electron chi connectivity index (χ0n) is 21.2. The number of halogens is 1. The molecule has 4 rings (SSSR count). The van der Waals surface area contributed by atoms with Gasteiger partial charge in [0, 0.05) is 31.7 Å². The van der Waals surface area contributed by atoms with Crippen molar-refractivity contribution in [3.05, 3.63) is 65.0 Å². The fourth-order valence-corrected chi connectivity index (χ4v) is 4.59. The number of Topliss-reactive ketones (excluding diaryl/α,β-unsaturated/α-hetero) is 1. The van der Waals surface area contributed by atoms with Crippen molar-refractivity contribution in [2.24, 2.45) is 0 Å². The van der Waals surface area contributed by atoms with E-state index in [0.29, 0.717) is 50.0 Å². The number of ether oxygens (including phenoxy) is 3. The molecular weight excluding hydrogens is 479 g/mol. The van der Waals surface area contributed by atoms with Gasteiger partial charge < -0.3 is 24.2 Å². The lowest BCUT2D eigenvalue weighted by atomic mass is 9.95. The third-order valence-electron chi connectivity index (χ3n) is 6.46. The molecule has 2 aliphatic rings. The molecule has 1 N–H and O–H groups in total. The Bertz CT molecular complexity index is 1140. The van der Waals surface area contributed by atoms with Crippen molar-refractivity contribution in [3.8, 4) is 11.5 Å². The van der Waals surface area contributed by atoms with Gasteiger partial charge in [0.2, 0.25) is 0 Å². The molecule has 1 atom stereocenters. The summed E-state index contributed by atoms with van der Waals surface area (Å²) in [6, 6.07) is 9.62. The summed E-state index contributed by atoms with van der Waals surface area (Å²) in [7, 11) is 0. The highest BCUT2D eigenvalue weighted by Gasteiger charge is 2.46. The van der Waals surface area contributed by atoms with E-state index < -0.39 is 23.5 Å². The highest BCUT2D eigenvalue weighted by Crippen LogP contribution is 2.42. The van der Waals surface area contributed by atoms with Gasteiger partial charge >= 0.3 is 0 Å². The highest BCUT2D eigenvalue weighted by molar-refractivity contribution is 6.46. The fraction of sp³-hybridized carbons (Fsp3) is 0.429. The molecule has 0 spiro atoms. The van der Waals surface area contributed by atoms with Gasteiger partial charge in [0.05, 0.1) is 38.0 Å². The Labute approximate surface area is 216 Å². The summed E-state index contributed by atoms with van der Waals surface area (Å²) >= 11 is 0. The van der Waals surface area contributed by atoms with Gasteiger partial charge in [0.15, 0.2) is 11.5 Å². The van der Waals surface area contributed by atoms with Crippen molar-refractivity contribution in [3.63, 3.8) is 0 Å². The monoisotopic (exact) mass is 512 g/mol. The standard InChI is InChI=1S/C28H33FN2O6/c1-3-15-37-22-10-7-20(18-23(22)36-4-2)25-24(26(32)19-5-8-21(29)9-6-19)27(33)28(34)31(25)12-11-30-13-16-35-17-14-30/h5-10,18,25,32H,3-4,11-17H2,1-2H3. The summed E-state index contributed by atoms with van der Waals surface area (Å²) in [4.78, 5) is 30.2. The van der Waals surface area contributed by atoms with Gasteiger partial charge in [-0.15, -0.1) is 0 Å². The van der Waals surface area contributed by atoms with Gasteiger partial charge in [-0.1, -0.05) is 13.0 Å². The first-order chi connectivity index (χ1) is 17.9. The van der Waals surface area contributed by atoms with Crippen LogP contribution in [0, 0.1) is 5.82 Å². The largest absolute Gasteiger partial charge is 0.507 e. The highest BCUT2D eigenvalue weighted by atomic mass is 19.1. The molecule has 0 aromatic heterocycles. The van der Waals surface area contributed by atoms with Crippen molar-refractivity contribution < 1.29 is 33.3 Å². The molecule has 2 aliphatic heterocycles. The number of carbonyl (C=O) groups is 2. The van der Waals surface area contributed by atoms with Crippen LogP contribution in [-0.2, 0) is 14.3 Å². The first-order valence-corrected chi connectivity index (χ1v) is 12.7. The number of hydrogen-bond acceptors (Lipinski definition) is 7. The van der Waals surface area contributed by atoms with Gasteiger partial charge in [-0.25, -0.2) is 4.39 Å². The van der Waals surface area contributed by atoms with Crippen molar-refractivity contribution in [1.82, 2.24) is 9.80 Å². The number of carbonyl (C=O) groups excluding carboxylic acids is 2. The quantitative estimate of drug-likeness (QED) is 0.295. The third kappa shape index (κ3) is 5.94. The van der Waals surface area contributed by atoms with Crippen molar-refractivity contribution in [2.75, 3.05) is 52.6 Å². The van der Waals surface area contributed by atoms with E-state index >= 15 is 0 Å². The maximum Gasteiger partial charge on any atom is 0.295 e. The van der Waals surface area contributed by atoms with Gasteiger partial charge in [0.25, 0.3) is 11.7 Å². The zero-order chi connectivity index (χ0) is 26.4. The summed E-state index contributed by atoms with van der Waals surface area (Å²) in [6.45, 7) is 8.33. The Morgan fingerprint density at radius 2 is 1.76 bits per heavy atom. The summed E-state index contributed by atoms with van der Waals surface area (Å²) in [5.74, 6) is -1.22. The average Bonchev–Trinajstić information content (AvgIpc) is 3.17. The molecule has 0 saturated carbocycles. The van der Waals surface area contributed by atoms with E-state index in [9.17, 15) is 19.1 Å². The lowest BCUT2D eigenvalue weighted by molar-refractivity contribution is -0.140. The average molecular weight is 513 g/mol. The maximum absolute atomic E-state index is 13.5. The fourth-order valence-electron chi connectivity index (χ4n) is 4.59. The van der Waals surface area contributed by atoms with Crippen LogP contribution in [0.1, 0.15) is 37.4 Å². The number of aliphatic hydroxyl groups is 1. The van der Waals surface area contributed by atoms with Crippen LogP contribution in [0.15, 0.2) is 48.0 Å². The summed E-state index contributed by atoms with van der Waals surface area (Å²) in [5.41, 5.74) is 0.825. The molecule has 0 aliphatic carbocycles. The number of ketones is 1. The molecule has 2 saturated heterocycles. The number of rotatable bonds is 10. The summed E-state index contributed by atoms with van der Waals surface area (Å²) < 4.78 is 30.6. The second kappa shape index (κ2) is 12.2. The van der Waals surface area contributed by atoms with Crippen LogP contribution in [0.4, 0.5) is 4.39 Å². The van der Waals surface area contributed by atoms with Crippen molar-refractivity contribution in [1.29, 1.82) is 0 Å². The van der Waals surface area contributed by atoms with E-state index in [-0.39, 0.29) is 23.4 Å². The van der Waals surface area contributed by atoms with Gasteiger partial charge in [0.1, 0.15) is 11.6 Å². The minimum absolute atomic E-state index is 0.0386. The molecule has 2 aromatic carbocycles. The Balaban J connectivity index is 1.76. The van der Waals surface area contributed by atoms with E-state index in [1.165, 1.54) is 29.2 Å². The molecule has 198 valence electrons. The minimum atomic E-state index is -0.842. The van der Waals surface area contributed by atoms with E-state index in [2.05, 4.69) is 4.90 Å². The van der Waals surface area contributed by atoms with Crippen molar-refractivity contribution in [2.45, 2.75) is 26.3 Å². The van der Waals surface area contributed by atoms with E-state index in [0.717, 1.165) is 19.5 Å². The topological polar surface area (TPSA) is 88.5 Å². The number of nitrogens with zero attached hydrogens (tertiary/aromatic N) is 2. The van der Waals surface area contributed by atoms with E-state index in [1.807, 2.05) is 13.8 Å². The molecule has 2 fully saturated rings. The van der Waals surface area contributed by atoms with Crippen molar-refractivity contribution >= 4 is 17.4 Å². The lowest BCUT2D eigenvalue weighted by Gasteiger charge is -2.31. The molecular formula is C28H33FN2O6. The minimum Gasteiger partial charge on any atom is -0.507 e. The van der Waals surface area contributed by atoms with Crippen LogP contribution < -0.4 is 9.47 Å². The molecule has 9 heteroatoms. The Morgan fingerprint density at radius 1 is 1.03 bits per heavy atom. The molecule has 8 nitrogen and oxygen atoms in total. The predicted octanol–water partition coefficient (Wildman–Crippen LogP) is 3.77. The lowest BCUT2D eigenvalue weighted by Crippen LogP contribution is -2.42. The zero-order valence-corrected chi connectivity index (χ0v) is 21.2. The molecule has 1 unspecified atom stereocenters. The SMILES string of the molecule is CCCOc1ccc(C2C(=C(O)c3ccc(F)cc3)C(=O)C(=O)N2CCN2CCOCC2)cc1OCC. The molecule has 2 heterocycles. The number of hydrogen-bond donors (Lipinski definition) is 1. The van der Waals surface area contributed by atoms with Crippen LogP contribution in [0.5, 0.6) is 11.5 Å². The van der Waals surface area contributed by atoms with Gasteiger partial charge in [-0.05, 0) is 55.3 Å². The predicted molar refractivity (Wildman–Crippen MR) is 136 cm³/mol. The van der Waals surface area contributed by atoms with Gasteiger partial charge in [-0.3, -0.25) is 14.5 Å². The summed E-state index contributed by atoms with van der Waals surface area (Å²) in [6.07, 6.45) is 0.826. The number of amides is 1. The molecule has 0 radical (unpaired) electrons. The van der Waals surface area contributed by atoms with Crippen LogP contribution in [-0.4, -0.2) is 79.2 Å². The van der Waals surface area contributed by atoms with Gasteiger partial charge in [-0.2, -0.15) is 0 Å². The van der Waals surface area contributed by atoms with E-state index in [1.54, 1.807) is 18.2 Å². The Kier molecular flexibility index (Phi) is 8.78. The molecule has 1 amide bonds. The first kappa shape index (κ1) is 26.6. The molecule has 37 heavy (non-hydrogen) atoms. The maximum atomic E-state index is 13.5. The normalized spacial score (nSPS) is 19.9. The number of aliphatic hydroxyl groups excluding tert-OH is 1. The van der Waals surface area contributed by atoms with E-state index in [4.69, 9.17) is 14.2 Å². The molecule has 2 aromatic rings. The Morgan fingerprint density at radius 3 is 2.43 bits per heavy atom. The second-order valence-corrected chi connectivity index (χ2v) is 8.94. The Hall–Kier alpha value is -3.43. The van der Waals surface area contributed by atoms with Crippen LogP contribution >= 0.6 is 0 Å². The van der Waals surface area contributed by atoms with Crippen LogP contribution in [0.25, 0.3) is 5.76 Å². The summed E-state index contributed by atoms with van der Waals surface area (Å²) in [5, 5.41) is 11.2. The smallest absolute Gasteiger partial charge is 0.295 e. The van der Waals surface area contributed by atoms with Crippen LogP contribution in [0.2, 0.25) is 0 Å². The number of likely N-dealkylation sites (tertiary alicyclic amines) is 1. The first-order valence-electron chi connectivity index (χ1n) is 12.7. The number of benzene rings is 2. The molecule has 0 bridgehead atoms. The van der Waals surface area contributed by atoms with Crippen LogP contribution in [0.3, 0.4) is 0 Å². The number of morpholine rings is 1.